The Balaban J connectivity index is 2.29. The van der Waals surface area contributed by atoms with Crippen LogP contribution in [0.1, 0.15) is 0 Å². The Bertz CT molecular complexity index is 741. The molecule has 104 valence electrons. The number of hydrogen-bond donors (Lipinski definition) is 2. The zero-order valence-corrected chi connectivity index (χ0v) is 12.0. The van der Waals surface area contributed by atoms with E-state index in [0.29, 0.717) is 0 Å². The Labute approximate surface area is 116 Å². The summed E-state index contributed by atoms with van der Waals surface area (Å²) in [6.07, 6.45) is 1.28. The maximum absolute atomic E-state index is 12.1. The zero-order valence-electron chi connectivity index (χ0n) is 9.58. The van der Waals surface area contributed by atoms with Crippen LogP contribution >= 0.6 is 11.6 Å². The predicted molar refractivity (Wildman–Crippen MR) is 72.9 cm³/mol. The maximum Gasteiger partial charge on any atom is 0.242 e. The Morgan fingerprint density at radius 1 is 1.37 bits per heavy atom. The molecule has 1 atom stereocenters. The molecule has 0 fully saturated rings. The molecule has 0 bridgehead atoms. The summed E-state index contributed by atoms with van der Waals surface area (Å²) in [5.74, 6) is -0.299. The molecule has 0 amide bonds. The summed E-state index contributed by atoms with van der Waals surface area (Å²) in [5.41, 5.74) is 5.76. The van der Waals surface area contributed by atoms with Crippen molar-refractivity contribution in [2.24, 2.45) is 0 Å². The minimum Gasteiger partial charge on any atom is -0.399 e. The second-order valence-electron chi connectivity index (χ2n) is 4.08. The van der Waals surface area contributed by atoms with Crippen LogP contribution in [0.15, 0.2) is 34.6 Å². The van der Waals surface area contributed by atoms with Gasteiger partial charge in [0.25, 0.3) is 0 Å². The van der Waals surface area contributed by atoms with Gasteiger partial charge in [0.2, 0.25) is 10.0 Å². The molecule has 1 aromatic carbocycles. The lowest BCUT2D eigenvalue weighted by Crippen LogP contribution is -2.35. The van der Waals surface area contributed by atoms with E-state index < -0.39 is 25.9 Å². The first-order chi connectivity index (χ1) is 8.70. The van der Waals surface area contributed by atoms with E-state index in [9.17, 15) is 16.8 Å². The lowest BCUT2D eigenvalue weighted by Gasteiger charge is -2.12. The van der Waals surface area contributed by atoms with Crippen LogP contribution in [0.3, 0.4) is 0 Å². The topological polar surface area (TPSA) is 106 Å². The van der Waals surface area contributed by atoms with Gasteiger partial charge in [-0.2, -0.15) is 0 Å². The van der Waals surface area contributed by atoms with Crippen molar-refractivity contribution < 1.29 is 16.8 Å². The lowest BCUT2D eigenvalue weighted by molar-refractivity contribution is 0.575. The molecule has 0 saturated heterocycles. The Hall–Kier alpha value is -1.09. The van der Waals surface area contributed by atoms with Crippen molar-refractivity contribution in [2.75, 3.05) is 11.5 Å². The number of hydrogen-bond acceptors (Lipinski definition) is 5. The Morgan fingerprint density at radius 2 is 2.05 bits per heavy atom. The fourth-order valence-electron chi connectivity index (χ4n) is 1.64. The monoisotopic (exact) mass is 322 g/mol. The van der Waals surface area contributed by atoms with E-state index in [1.54, 1.807) is 0 Å². The van der Waals surface area contributed by atoms with E-state index >= 15 is 0 Å². The van der Waals surface area contributed by atoms with Gasteiger partial charge >= 0.3 is 0 Å². The number of nitrogens with one attached hydrogen (secondary N) is 1. The molecular formula is C10H11ClN2O4S2. The highest BCUT2D eigenvalue weighted by Gasteiger charge is 2.27. The van der Waals surface area contributed by atoms with Crippen molar-refractivity contribution >= 4 is 37.1 Å². The summed E-state index contributed by atoms with van der Waals surface area (Å²) in [4.78, 5) is -0.174. The number of benzene rings is 1. The van der Waals surface area contributed by atoms with Gasteiger partial charge in [0, 0.05) is 11.1 Å². The Kier molecular flexibility index (Phi) is 3.61. The minimum atomic E-state index is -3.92. The number of nitrogen functional groups attached to an aromatic ring is 1. The average molecular weight is 323 g/mol. The molecule has 0 spiro atoms. The van der Waals surface area contributed by atoms with Crippen LogP contribution in [0.4, 0.5) is 5.69 Å². The number of halogens is 1. The minimum absolute atomic E-state index is 0.0199. The predicted octanol–water partition coefficient (Wildman–Crippen LogP) is 0.511. The molecule has 6 nitrogen and oxygen atoms in total. The van der Waals surface area contributed by atoms with E-state index in [1.807, 2.05) is 0 Å². The van der Waals surface area contributed by atoms with E-state index in [1.165, 1.54) is 24.3 Å². The maximum atomic E-state index is 12.1. The molecule has 3 N–H and O–H groups in total. The molecule has 0 saturated carbocycles. The summed E-state index contributed by atoms with van der Waals surface area (Å²) in [6, 6.07) is 3.26. The third-order valence-corrected chi connectivity index (χ3v) is 5.85. The number of anilines is 1. The Morgan fingerprint density at radius 3 is 2.63 bits per heavy atom. The van der Waals surface area contributed by atoms with Crippen molar-refractivity contribution in [3.8, 4) is 0 Å². The van der Waals surface area contributed by atoms with Crippen molar-refractivity contribution in [3.05, 3.63) is 34.7 Å². The molecule has 9 heteroatoms. The normalized spacial score (nSPS) is 21.6. The van der Waals surface area contributed by atoms with Gasteiger partial charge in [-0.05, 0) is 18.2 Å². The first kappa shape index (κ1) is 14.3. The second kappa shape index (κ2) is 4.78. The average Bonchev–Trinajstić information content (AvgIpc) is 2.60. The first-order valence-electron chi connectivity index (χ1n) is 5.18. The highest BCUT2D eigenvalue weighted by molar-refractivity contribution is 7.94. The van der Waals surface area contributed by atoms with Gasteiger partial charge in [-0.15, -0.1) is 0 Å². The molecule has 1 unspecified atom stereocenters. The van der Waals surface area contributed by atoms with Gasteiger partial charge in [0.15, 0.2) is 9.84 Å². The van der Waals surface area contributed by atoms with Crippen LogP contribution in [0, 0.1) is 0 Å². The smallest absolute Gasteiger partial charge is 0.242 e. The van der Waals surface area contributed by atoms with Gasteiger partial charge in [-0.1, -0.05) is 17.7 Å². The van der Waals surface area contributed by atoms with Crippen molar-refractivity contribution in [2.45, 2.75) is 10.9 Å². The summed E-state index contributed by atoms with van der Waals surface area (Å²) in [5, 5.41) is 1.01. The van der Waals surface area contributed by atoms with Gasteiger partial charge < -0.3 is 5.73 Å². The SMILES string of the molecule is Nc1ccc(Cl)c(S(=O)(=O)NC2C=CS(=O)(=O)C2)c1. The van der Waals surface area contributed by atoms with Gasteiger partial charge in [0.1, 0.15) is 4.90 Å². The van der Waals surface area contributed by atoms with E-state index in [0.717, 1.165) is 5.41 Å². The summed E-state index contributed by atoms with van der Waals surface area (Å²) < 4.78 is 48.9. The summed E-state index contributed by atoms with van der Waals surface area (Å²) in [7, 11) is -7.26. The molecule has 0 aliphatic carbocycles. The molecule has 1 aliphatic rings. The van der Waals surface area contributed by atoms with Crippen molar-refractivity contribution in [1.82, 2.24) is 4.72 Å². The highest BCUT2D eigenvalue weighted by Crippen LogP contribution is 2.24. The number of rotatable bonds is 3. The second-order valence-corrected chi connectivity index (χ2v) is 8.10. The van der Waals surface area contributed by atoms with E-state index in [2.05, 4.69) is 4.72 Å². The molecule has 0 aromatic heterocycles. The number of sulfonamides is 1. The molecular weight excluding hydrogens is 312 g/mol. The summed E-state index contributed by atoms with van der Waals surface area (Å²) >= 11 is 5.81. The number of nitrogens with two attached hydrogens (primary N) is 1. The first-order valence-corrected chi connectivity index (χ1v) is 8.76. The van der Waals surface area contributed by atoms with Gasteiger partial charge in [0.05, 0.1) is 16.8 Å². The summed E-state index contributed by atoms with van der Waals surface area (Å²) in [6.45, 7) is 0. The molecule has 1 aliphatic heterocycles. The van der Waals surface area contributed by atoms with Crippen molar-refractivity contribution in [3.63, 3.8) is 0 Å². The fraction of sp³-hybridized carbons (Fsp3) is 0.200. The van der Waals surface area contributed by atoms with E-state index in [4.69, 9.17) is 17.3 Å². The molecule has 1 heterocycles. The third kappa shape index (κ3) is 3.27. The van der Waals surface area contributed by atoms with Crippen LogP contribution < -0.4 is 10.5 Å². The molecule has 1 aromatic rings. The molecule has 0 radical (unpaired) electrons. The third-order valence-electron chi connectivity index (χ3n) is 2.48. The lowest BCUT2D eigenvalue weighted by atomic mass is 10.3. The van der Waals surface area contributed by atoms with Gasteiger partial charge in [-0.25, -0.2) is 21.6 Å². The van der Waals surface area contributed by atoms with Crippen LogP contribution in [0.2, 0.25) is 5.02 Å². The van der Waals surface area contributed by atoms with Gasteiger partial charge in [-0.3, -0.25) is 0 Å². The van der Waals surface area contributed by atoms with Crippen LogP contribution in [0.5, 0.6) is 0 Å². The quantitative estimate of drug-likeness (QED) is 0.789. The fourth-order valence-corrected chi connectivity index (χ4v) is 4.70. The van der Waals surface area contributed by atoms with Crippen LogP contribution in [-0.2, 0) is 19.9 Å². The van der Waals surface area contributed by atoms with Crippen LogP contribution in [-0.4, -0.2) is 28.6 Å². The standard InChI is InChI=1S/C10H11ClN2O4S2/c11-9-2-1-7(12)5-10(9)19(16,17)13-8-3-4-18(14,15)6-8/h1-5,8,13H,6,12H2. The van der Waals surface area contributed by atoms with E-state index in [-0.39, 0.29) is 21.4 Å². The molecule has 19 heavy (non-hydrogen) atoms. The van der Waals surface area contributed by atoms with Crippen molar-refractivity contribution in [1.29, 1.82) is 0 Å². The largest absolute Gasteiger partial charge is 0.399 e. The van der Waals surface area contributed by atoms with Crippen LogP contribution in [0.25, 0.3) is 0 Å². The number of sulfone groups is 1. The molecule has 2 rings (SSSR count). The highest BCUT2D eigenvalue weighted by atomic mass is 35.5. The zero-order chi connectivity index (χ0) is 14.3.